The Morgan fingerprint density at radius 3 is 2.18 bits per heavy atom. The van der Waals surface area contributed by atoms with E-state index in [0.717, 1.165) is 36.4 Å². The Morgan fingerprint density at radius 2 is 1.54 bits per heavy atom. The van der Waals surface area contributed by atoms with E-state index in [9.17, 15) is 33.3 Å². The molecule has 1 heterocycles. The van der Waals surface area contributed by atoms with Crippen molar-refractivity contribution < 1.29 is 65.5 Å². The Labute approximate surface area is 290 Å². The van der Waals surface area contributed by atoms with E-state index < -0.39 is 47.4 Å². The first-order chi connectivity index (χ1) is 23.9. The van der Waals surface area contributed by atoms with Crippen molar-refractivity contribution in [3.05, 3.63) is 72.3 Å². The summed E-state index contributed by atoms with van der Waals surface area (Å²) in [6.45, 7) is 0.568. The summed E-state index contributed by atoms with van der Waals surface area (Å²) >= 11 is 0. The highest BCUT2D eigenvalue weighted by Crippen LogP contribution is 2.36. The Bertz CT molecular complexity index is 1660. The van der Waals surface area contributed by atoms with Gasteiger partial charge in [0, 0.05) is 24.2 Å². The lowest BCUT2D eigenvalue weighted by Crippen LogP contribution is -3.07. The number of para-hydroxylation sites is 3. The van der Waals surface area contributed by atoms with Crippen LogP contribution in [-0.2, 0) is 31.3 Å². The molecule has 3 aromatic carbocycles. The van der Waals surface area contributed by atoms with Gasteiger partial charge >= 0.3 is 10.4 Å². The van der Waals surface area contributed by atoms with E-state index in [2.05, 4.69) is 5.32 Å². The largest absolute Gasteiger partial charge is 0.501 e. The van der Waals surface area contributed by atoms with Gasteiger partial charge in [0.05, 0.1) is 40.0 Å². The normalized spacial score (nSPS) is 19.7. The molecule has 1 amide bonds. The number of rotatable bonds is 18. The fourth-order valence-corrected chi connectivity index (χ4v) is 5.96. The highest BCUT2D eigenvalue weighted by atomic mass is 32.3. The Balaban J connectivity index is 1.35. The predicted octanol–water partition coefficient (Wildman–Crippen LogP) is 1.01. The third kappa shape index (κ3) is 10.5. The van der Waals surface area contributed by atoms with E-state index in [1.54, 1.807) is 0 Å². The Hall–Kier alpha value is -4.45. The monoisotopic (exact) mass is 719 g/mol. The third-order valence-corrected chi connectivity index (χ3v) is 8.58. The number of Topliss-reactive ketones (excluding diaryl/α,β-unsaturated/α-hetero) is 1. The molecule has 0 spiro atoms. The number of amides is 1. The predicted molar refractivity (Wildman–Crippen MR) is 179 cm³/mol. The number of hydrogen-bond acceptors (Lipinski definition) is 13. The van der Waals surface area contributed by atoms with Gasteiger partial charge in [-0.2, -0.15) is 0 Å². The molecule has 4 rings (SSSR count). The van der Waals surface area contributed by atoms with E-state index in [4.69, 9.17) is 27.3 Å². The Morgan fingerprint density at radius 1 is 0.900 bits per heavy atom. The quantitative estimate of drug-likeness (QED) is 0.117. The number of quaternary nitrogens is 1. The summed E-state index contributed by atoms with van der Waals surface area (Å²) in [5.74, 6) is -1.21. The average molecular weight is 720 g/mol. The van der Waals surface area contributed by atoms with Gasteiger partial charge in [-0.05, 0) is 43.5 Å². The van der Waals surface area contributed by atoms with E-state index in [-0.39, 0.29) is 23.2 Å². The Kier molecular flexibility index (Phi) is 13.8. The topological polar surface area (TPSA) is 201 Å². The number of carbonyl (C=O) groups is 2. The zero-order valence-electron chi connectivity index (χ0n) is 27.9. The number of ether oxygens (including phenoxy) is 4. The smallest absolute Gasteiger partial charge is 0.496 e. The van der Waals surface area contributed by atoms with E-state index >= 15 is 0 Å². The number of unbranched alkanes of at least 4 members (excludes halogenated alkanes) is 2. The number of ketones is 1. The molecule has 16 heteroatoms. The molecule has 15 nitrogen and oxygen atoms in total. The van der Waals surface area contributed by atoms with Crippen LogP contribution in [0.5, 0.6) is 28.7 Å². The molecule has 0 aromatic heterocycles. The molecule has 2 unspecified atom stereocenters. The summed E-state index contributed by atoms with van der Waals surface area (Å²) in [6.07, 6.45) is -3.75. The first kappa shape index (κ1) is 38.4. The van der Waals surface area contributed by atoms with Crippen molar-refractivity contribution in [3.8, 4) is 28.7 Å². The average Bonchev–Trinajstić information content (AvgIpc) is 3.09. The summed E-state index contributed by atoms with van der Waals surface area (Å²) < 4.78 is 58.3. The number of hydrogen-bond donors (Lipinski definition) is 5. The molecule has 0 bridgehead atoms. The van der Waals surface area contributed by atoms with Crippen LogP contribution in [0.25, 0.3) is 0 Å². The van der Waals surface area contributed by atoms with Crippen molar-refractivity contribution in [3.63, 3.8) is 0 Å². The number of aliphatic hydroxyl groups excluding tert-OH is 3. The van der Waals surface area contributed by atoms with Gasteiger partial charge < -0.3 is 52.8 Å². The van der Waals surface area contributed by atoms with Crippen LogP contribution in [0, 0.1) is 0 Å². The second kappa shape index (κ2) is 18.0. The molecule has 0 radical (unpaired) electrons. The summed E-state index contributed by atoms with van der Waals surface area (Å²) in [5.41, 5.74) is 1.46. The van der Waals surface area contributed by atoms with Gasteiger partial charge in [0.2, 0.25) is 11.7 Å². The molecule has 50 heavy (non-hydrogen) atoms. The van der Waals surface area contributed by atoms with Crippen LogP contribution in [0.15, 0.2) is 66.7 Å². The minimum atomic E-state index is -4.81. The molecule has 5 atom stereocenters. The first-order valence-electron chi connectivity index (χ1n) is 15.9. The minimum Gasteiger partial charge on any atom is -0.496 e. The van der Waals surface area contributed by atoms with Crippen LogP contribution in [0.2, 0.25) is 0 Å². The number of benzene rings is 3. The summed E-state index contributed by atoms with van der Waals surface area (Å²) in [7, 11) is 0.0609. The number of nitrogens with one attached hydrogen (secondary N) is 2. The minimum absolute atomic E-state index is 0.0247. The summed E-state index contributed by atoms with van der Waals surface area (Å²) in [6, 6.07) is 17.5. The summed E-state index contributed by atoms with van der Waals surface area (Å²) in [5, 5.41) is 32.3. The van der Waals surface area contributed by atoms with Gasteiger partial charge in [-0.3, -0.25) is 9.59 Å². The summed E-state index contributed by atoms with van der Waals surface area (Å²) in [4.78, 5) is 25.8. The fourth-order valence-electron chi connectivity index (χ4n) is 5.24. The van der Waals surface area contributed by atoms with E-state index in [1.807, 2.05) is 37.4 Å². The maximum Gasteiger partial charge on any atom is 0.501 e. The van der Waals surface area contributed by atoms with Gasteiger partial charge in [-0.25, -0.2) is 0 Å². The molecule has 0 saturated carbocycles. The van der Waals surface area contributed by atoms with Gasteiger partial charge in [-0.1, -0.05) is 30.3 Å². The molecule has 5 N–H and O–H groups in total. The van der Waals surface area contributed by atoms with Crippen molar-refractivity contribution in [2.45, 2.75) is 56.8 Å². The van der Waals surface area contributed by atoms with E-state index in [0.29, 0.717) is 30.0 Å². The molecular formula is C34H43N2O13S+. The zero-order valence-corrected chi connectivity index (χ0v) is 28.8. The van der Waals surface area contributed by atoms with Crippen LogP contribution in [-0.4, -0.2) is 94.4 Å². The number of methoxy groups -OCH3 is 2. The second-order valence-electron chi connectivity index (χ2n) is 11.6. The molecule has 0 aliphatic carbocycles. The van der Waals surface area contributed by atoms with Crippen LogP contribution >= 0.6 is 0 Å². The van der Waals surface area contributed by atoms with E-state index in [1.165, 1.54) is 50.6 Å². The standard InChI is InChI=1S/C34H42N2O13S/c1-36(17-11-5-8-16-30(38)35-22-12-6-4-7-13-22)20-24-27(44-2)18-23(19-28(24)45-3)48-50(42,43)49-26-15-10-9-14-25(26)46-34-33(41)32(40)31(39)29(21-37)47-34/h4,6-7,9-10,12-15,18-19,29,31-32,34,37,39-40H,5,8,11,16-17,20-21H2,1-3H3,(H,35,38)/p+1/t29-,31+,32+,34?/m1/s1. The van der Waals surface area contributed by atoms with Crippen LogP contribution in [0.3, 0.4) is 0 Å². The molecular weight excluding hydrogens is 676 g/mol. The van der Waals surface area contributed by atoms with Crippen LogP contribution in [0.1, 0.15) is 31.2 Å². The third-order valence-electron chi connectivity index (χ3n) is 7.80. The van der Waals surface area contributed by atoms with Gasteiger partial charge in [0.25, 0.3) is 6.29 Å². The van der Waals surface area contributed by atoms with Crippen LogP contribution < -0.4 is 32.8 Å². The van der Waals surface area contributed by atoms with Crippen molar-refractivity contribution in [1.82, 2.24) is 0 Å². The highest BCUT2D eigenvalue weighted by Gasteiger charge is 2.45. The molecule has 1 aliphatic rings. The maximum absolute atomic E-state index is 13.0. The van der Waals surface area contributed by atoms with Gasteiger partial charge in [0.15, 0.2) is 17.2 Å². The lowest BCUT2D eigenvalue weighted by atomic mass is 10.0. The van der Waals surface area contributed by atoms with Crippen LogP contribution in [0.4, 0.5) is 5.69 Å². The maximum atomic E-state index is 13.0. The SMILES string of the molecule is COc1cc(OS(=O)(=O)Oc2ccccc2OC2O[C@H](CO)[C@H](O)[C@H](O)C2=O)cc(OC)c1C[NH+](C)CCCCCC(=O)Nc1ccccc1. The zero-order chi connectivity index (χ0) is 36.3. The second-order valence-corrected chi connectivity index (χ2v) is 12.7. The highest BCUT2D eigenvalue weighted by molar-refractivity contribution is 7.82. The molecule has 1 aliphatic heterocycles. The molecule has 1 fully saturated rings. The molecule has 1 saturated heterocycles. The van der Waals surface area contributed by atoms with Crippen molar-refractivity contribution in [1.29, 1.82) is 0 Å². The van der Waals surface area contributed by atoms with Crippen molar-refractivity contribution in [2.24, 2.45) is 0 Å². The fraction of sp³-hybridized carbons (Fsp3) is 0.412. The molecule has 272 valence electrons. The van der Waals surface area contributed by atoms with Gasteiger partial charge in [-0.15, -0.1) is 8.42 Å². The number of carbonyl (C=O) groups excluding carboxylic acids is 2. The first-order valence-corrected chi connectivity index (χ1v) is 17.2. The number of aliphatic hydroxyl groups is 3. The van der Waals surface area contributed by atoms with Crippen molar-refractivity contribution in [2.75, 3.05) is 39.7 Å². The van der Waals surface area contributed by atoms with Crippen molar-refractivity contribution >= 4 is 27.8 Å². The molecule has 3 aromatic rings. The lowest BCUT2D eigenvalue weighted by molar-refractivity contribution is -0.894. The van der Waals surface area contributed by atoms with Gasteiger partial charge in [0.1, 0.15) is 36.4 Å². The lowest BCUT2D eigenvalue weighted by Gasteiger charge is -2.34. The number of anilines is 1.